The van der Waals surface area contributed by atoms with Crippen molar-refractivity contribution in [3.05, 3.63) is 66.1 Å². The lowest BCUT2D eigenvalue weighted by molar-refractivity contribution is 0.474. The third kappa shape index (κ3) is 2.87. The van der Waals surface area contributed by atoms with Gasteiger partial charge in [-0.1, -0.05) is 48.5 Å². The van der Waals surface area contributed by atoms with Crippen molar-refractivity contribution < 1.29 is 4.39 Å². The van der Waals surface area contributed by atoms with Gasteiger partial charge in [0.1, 0.15) is 5.69 Å². The van der Waals surface area contributed by atoms with E-state index in [1.807, 2.05) is 54.6 Å². The Morgan fingerprint density at radius 3 is 2.60 bits per heavy atom. The number of rotatable bonds is 3. The number of likely N-dealkylation sites (tertiary alicyclic amines) is 1. The van der Waals surface area contributed by atoms with Crippen LogP contribution in [0.2, 0.25) is 0 Å². The molecule has 1 saturated heterocycles. The first kappa shape index (κ1) is 15.4. The smallest absolute Gasteiger partial charge is 0.179 e. The molecule has 2 aromatic carbocycles. The second-order valence-electron chi connectivity index (χ2n) is 6.28. The third-order valence-electron chi connectivity index (χ3n) is 4.71. The maximum absolute atomic E-state index is 14.9. The number of nitriles is 1. The minimum atomic E-state index is -0.310. The Bertz CT molecular complexity index is 926. The number of hydrogen-bond donors (Lipinski definition) is 1. The SMILES string of the molecule is N#CN1CC[C@H](c2[nH]nc(-c3cccc(-c4ccccc4)c3)c2F)C1. The van der Waals surface area contributed by atoms with E-state index < -0.39 is 0 Å². The predicted octanol–water partition coefficient (Wildman–Crippen LogP) is 4.15. The van der Waals surface area contributed by atoms with Crippen molar-refractivity contribution in [2.75, 3.05) is 13.1 Å². The van der Waals surface area contributed by atoms with Gasteiger partial charge in [0.15, 0.2) is 12.0 Å². The molecule has 1 aliphatic heterocycles. The van der Waals surface area contributed by atoms with E-state index in [1.54, 1.807) is 4.90 Å². The molecule has 0 unspecified atom stereocenters. The summed E-state index contributed by atoms with van der Waals surface area (Å²) in [7, 11) is 0. The van der Waals surface area contributed by atoms with Crippen molar-refractivity contribution in [3.63, 3.8) is 0 Å². The van der Waals surface area contributed by atoms with Crippen LogP contribution in [0.1, 0.15) is 18.0 Å². The lowest BCUT2D eigenvalue weighted by atomic mass is 10.00. The molecule has 1 N–H and O–H groups in total. The Hall–Kier alpha value is -3.13. The number of aromatic amines is 1. The molecule has 0 amide bonds. The zero-order valence-corrected chi connectivity index (χ0v) is 13.6. The van der Waals surface area contributed by atoms with Gasteiger partial charge in [-0.25, -0.2) is 4.39 Å². The average Bonchev–Trinajstić information content (AvgIpc) is 3.29. The highest BCUT2D eigenvalue weighted by Crippen LogP contribution is 2.33. The van der Waals surface area contributed by atoms with Crippen LogP contribution in [-0.4, -0.2) is 28.2 Å². The summed E-state index contributed by atoms with van der Waals surface area (Å²) in [5.41, 5.74) is 3.69. The number of benzene rings is 2. The number of nitrogens with zero attached hydrogens (tertiary/aromatic N) is 3. The van der Waals surface area contributed by atoms with E-state index in [0.29, 0.717) is 24.5 Å². The Morgan fingerprint density at radius 1 is 1.08 bits per heavy atom. The molecule has 0 saturated carbocycles. The molecular formula is C20H17FN4. The van der Waals surface area contributed by atoms with E-state index in [0.717, 1.165) is 23.1 Å². The number of hydrogen-bond acceptors (Lipinski definition) is 3. The van der Waals surface area contributed by atoms with Gasteiger partial charge < -0.3 is 4.90 Å². The summed E-state index contributed by atoms with van der Waals surface area (Å²) in [4.78, 5) is 1.65. The monoisotopic (exact) mass is 332 g/mol. The maximum atomic E-state index is 14.9. The van der Waals surface area contributed by atoms with Crippen molar-refractivity contribution in [3.8, 4) is 28.6 Å². The zero-order chi connectivity index (χ0) is 17.2. The zero-order valence-electron chi connectivity index (χ0n) is 13.6. The second kappa shape index (κ2) is 6.40. The van der Waals surface area contributed by atoms with Crippen LogP contribution in [0.25, 0.3) is 22.4 Å². The minimum Gasteiger partial charge on any atom is -0.310 e. The van der Waals surface area contributed by atoms with Crippen molar-refractivity contribution >= 4 is 0 Å². The standard InChI is InChI=1S/C20H17FN4/c21-18-19(23-24-20(18)17-9-10-25(12-17)13-22)16-8-4-7-15(11-16)14-5-2-1-3-6-14/h1-8,11,17H,9-10,12H2,(H,23,24)/t17-/m0/s1. The van der Waals surface area contributed by atoms with Crippen molar-refractivity contribution in [1.82, 2.24) is 15.1 Å². The highest BCUT2D eigenvalue weighted by molar-refractivity contribution is 5.71. The first-order valence-electron chi connectivity index (χ1n) is 8.30. The van der Waals surface area contributed by atoms with E-state index in [-0.39, 0.29) is 11.7 Å². The van der Waals surface area contributed by atoms with E-state index >= 15 is 0 Å². The molecule has 0 aliphatic carbocycles. The summed E-state index contributed by atoms with van der Waals surface area (Å²) in [5.74, 6) is -0.326. The van der Waals surface area contributed by atoms with Gasteiger partial charge in [-0.3, -0.25) is 5.10 Å². The number of H-pyrrole nitrogens is 1. The van der Waals surface area contributed by atoms with E-state index in [9.17, 15) is 4.39 Å². The quantitative estimate of drug-likeness (QED) is 0.733. The molecule has 4 rings (SSSR count). The van der Waals surface area contributed by atoms with Crippen molar-refractivity contribution in [2.45, 2.75) is 12.3 Å². The van der Waals surface area contributed by atoms with Crippen LogP contribution >= 0.6 is 0 Å². The molecule has 0 spiro atoms. The highest BCUT2D eigenvalue weighted by Gasteiger charge is 2.28. The third-order valence-corrected chi connectivity index (χ3v) is 4.71. The van der Waals surface area contributed by atoms with Crippen LogP contribution in [0.3, 0.4) is 0 Å². The summed E-state index contributed by atoms with van der Waals surface area (Å²) in [6, 6.07) is 17.7. The molecular weight excluding hydrogens is 315 g/mol. The summed E-state index contributed by atoms with van der Waals surface area (Å²) in [5, 5.41) is 16.1. The molecule has 1 aromatic heterocycles. The molecule has 124 valence electrons. The lowest BCUT2D eigenvalue weighted by Crippen LogP contribution is -2.13. The first-order valence-corrected chi connectivity index (χ1v) is 8.30. The van der Waals surface area contributed by atoms with Crippen LogP contribution in [-0.2, 0) is 0 Å². The number of nitrogens with one attached hydrogen (secondary N) is 1. The van der Waals surface area contributed by atoms with Gasteiger partial charge in [-0.2, -0.15) is 10.4 Å². The molecule has 0 bridgehead atoms. The van der Waals surface area contributed by atoms with Gasteiger partial charge in [-0.05, 0) is 23.6 Å². The molecule has 5 heteroatoms. The average molecular weight is 332 g/mol. The molecule has 1 atom stereocenters. The van der Waals surface area contributed by atoms with Crippen LogP contribution in [0.15, 0.2) is 54.6 Å². The fourth-order valence-electron chi connectivity index (χ4n) is 3.37. The summed E-state index contributed by atoms with van der Waals surface area (Å²) in [6.45, 7) is 1.21. The van der Waals surface area contributed by atoms with Crippen LogP contribution in [0.4, 0.5) is 4.39 Å². The Balaban J connectivity index is 1.66. The first-order chi connectivity index (χ1) is 12.3. The van der Waals surface area contributed by atoms with Gasteiger partial charge in [0.05, 0.1) is 5.69 Å². The fourth-order valence-corrected chi connectivity index (χ4v) is 3.37. The normalized spacial score (nSPS) is 16.8. The highest BCUT2D eigenvalue weighted by atomic mass is 19.1. The molecule has 1 fully saturated rings. The number of aromatic nitrogens is 2. The van der Waals surface area contributed by atoms with Crippen LogP contribution < -0.4 is 0 Å². The van der Waals surface area contributed by atoms with Gasteiger partial charge >= 0.3 is 0 Å². The van der Waals surface area contributed by atoms with E-state index in [4.69, 9.17) is 5.26 Å². The molecule has 0 radical (unpaired) electrons. The van der Waals surface area contributed by atoms with Crippen LogP contribution in [0.5, 0.6) is 0 Å². The van der Waals surface area contributed by atoms with Gasteiger partial charge in [-0.15, -0.1) is 0 Å². The summed E-state index contributed by atoms with van der Waals surface area (Å²) < 4.78 is 14.9. The van der Waals surface area contributed by atoms with Gasteiger partial charge in [0.25, 0.3) is 0 Å². The molecule has 2 heterocycles. The van der Waals surface area contributed by atoms with E-state index in [2.05, 4.69) is 16.4 Å². The maximum Gasteiger partial charge on any atom is 0.179 e. The number of halogens is 1. The molecule has 4 nitrogen and oxygen atoms in total. The largest absolute Gasteiger partial charge is 0.310 e. The Labute approximate surface area is 145 Å². The molecule has 3 aromatic rings. The Morgan fingerprint density at radius 2 is 1.84 bits per heavy atom. The second-order valence-corrected chi connectivity index (χ2v) is 6.28. The predicted molar refractivity (Wildman–Crippen MR) is 94.0 cm³/mol. The van der Waals surface area contributed by atoms with Gasteiger partial charge in [0.2, 0.25) is 0 Å². The topological polar surface area (TPSA) is 55.7 Å². The van der Waals surface area contributed by atoms with Crippen molar-refractivity contribution in [1.29, 1.82) is 5.26 Å². The fraction of sp³-hybridized carbons (Fsp3) is 0.200. The summed E-state index contributed by atoms with van der Waals surface area (Å²) in [6.07, 6.45) is 2.88. The Kier molecular flexibility index (Phi) is 3.95. The van der Waals surface area contributed by atoms with Crippen molar-refractivity contribution in [2.24, 2.45) is 0 Å². The van der Waals surface area contributed by atoms with Gasteiger partial charge in [0, 0.05) is 24.6 Å². The minimum absolute atomic E-state index is 0.0156. The summed E-state index contributed by atoms with van der Waals surface area (Å²) >= 11 is 0. The van der Waals surface area contributed by atoms with E-state index in [1.165, 1.54) is 0 Å². The molecule has 1 aliphatic rings. The van der Waals surface area contributed by atoms with Crippen LogP contribution in [0, 0.1) is 17.3 Å². The lowest BCUT2D eigenvalue weighted by Gasteiger charge is -2.07. The molecule has 25 heavy (non-hydrogen) atoms.